The second kappa shape index (κ2) is 7.12. The van der Waals surface area contributed by atoms with E-state index in [0.29, 0.717) is 6.04 Å². The zero-order valence-electron chi connectivity index (χ0n) is 10.8. The lowest BCUT2D eigenvalue weighted by Crippen LogP contribution is -2.32. The molecule has 0 fully saturated rings. The Morgan fingerprint density at radius 1 is 1.35 bits per heavy atom. The van der Waals surface area contributed by atoms with Crippen LogP contribution in [0.4, 0.5) is 4.39 Å². The fourth-order valence-electron chi connectivity index (χ4n) is 1.73. The van der Waals surface area contributed by atoms with Crippen molar-refractivity contribution in [1.82, 2.24) is 5.32 Å². The van der Waals surface area contributed by atoms with E-state index in [0.717, 1.165) is 17.4 Å². The molecule has 1 aromatic rings. The summed E-state index contributed by atoms with van der Waals surface area (Å²) >= 11 is 3.54. The van der Waals surface area contributed by atoms with Gasteiger partial charge in [-0.25, -0.2) is 0 Å². The Kier molecular flexibility index (Phi) is 6.14. The lowest BCUT2D eigenvalue weighted by molar-refractivity contribution is 0.355. The van der Waals surface area contributed by atoms with Gasteiger partial charge in [0.25, 0.3) is 0 Å². The van der Waals surface area contributed by atoms with Crippen molar-refractivity contribution in [2.75, 3.05) is 13.2 Å². The number of hydrogen-bond donors (Lipinski definition) is 1. The van der Waals surface area contributed by atoms with Gasteiger partial charge in [0, 0.05) is 17.1 Å². The predicted molar refractivity (Wildman–Crippen MR) is 75.2 cm³/mol. The number of nitrogens with one attached hydrogen (secondary N) is 1. The predicted octanol–water partition coefficient (Wildman–Crippen LogP) is 3.88. The van der Waals surface area contributed by atoms with Crippen molar-refractivity contribution in [1.29, 1.82) is 0 Å². The summed E-state index contributed by atoms with van der Waals surface area (Å²) in [6, 6.07) is 6.64. The molecule has 96 valence electrons. The average molecular weight is 302 g/mol. The van der Waals surface area contributed by atoms with Crippen LogP contribution in [0.1, 0.15) is 25.0 Å². The summed E-state index contributed by atoms with van der Waals surface area (Å²) in [4.78, 5) is 0. The first-order valence-corrected chi connectivity index (χ1v) is 6.87. The van der Waals surface area contributed by atoms with Crippen LogP contribution in [0.15, 0.2) is 22.7 Å². The lowest BCUT2D eigenvalue weighted by Gasteiger charge is -2.17. The smallest absolute Gasteiger partial charge is 0.0932 e. The van der Waals surface area contributed by atoms with Gasteiger partial charge in [0.1, 0.15) is 0 Å². The van der Waals surface area contributed by atoms with E-state index in [2.05, 4.69) is 53.3 Å². The second-order valence-corrected chi connectivity index (χ2v) is 5.65. The first-order chi connectivity index (χ1) is 8.04. The van der Waals surface area contributed by atoms with Crippen LogP contribution >= 0.6 is 15.9 Å². The molecule has 1 unspecified atom stereocenters. The molecule has 1 aromatic carbocycles. The fraction of sp³-hybridized carbons (Fsp3) is 0.571. The Morgan fingerprint density at radius 2 is 2.06 bits per heavy atom. The van der Waals surface area contributed by atoms with Gasteiger partial charge in [0.2, 0.25) is 0 Å². The summed E-state index contributed by atoms with van der Waals surface area (Å²) in [5.41, 5.74) is 2.63. The third-order valence-electron chi connectivity index (χ3n) is 2.98. The molecule has 1 nitrogen and oxygen atoms in total. The molecular formula is C14H21BrFN. The van der Waals surface area contributed by atoms with Gasteiger partial charge in [0.05, 0.1) is 6.67 Å². The fourth-order valence-corrected chi connectivity index (χ4v) is 2.14. The van der Waals surface area contributed by atoms with Gasteiger partial charge in [-0.15, -0.1) is 0 Å². The summed E-state index contributed by atoms with van der Waals surface area (Å²) < 4.78 is 13.5. The molecule has 0 aliphatic heterocycles. The second-order valence-electron chi connectivity index (χ2n) is 4.80. The highest BCUT2D eigenvalue weighted by Gasteiger charge is 2.08. The van der Waals surface area contributed by atoms with Gasteiger partial charge >= 0.3 is 0 Å². The molecule has 0 aliphatic carbocycles. The molecule has 0 saturated carbocycles. The number of rotatable bonds is 6. The standard InChI is InChI=1S/C14H21BrFN/c1-10(8-16)9-17-11(2)7-13-5-4-6-14(15)12(13)3/h4-6,10-11,17H,7-9H2,1-3H3/t10?,11-/m1/s1. The van der Waals surface area contributed by atoms with Gasteiger partial charge < -0.3 is 5.32 Å². The van der Waals surface area contributed by atoms with E-state index >= 15 is 0 Å². The number of hydrogen-bond acceptors (Lipinski definition) is 1. The van der Waals surface area contributed by atoms with Crippen molar-refractivity contribution < 1.29 is 4.39 Å². The van der Waals surface area contributed by atoms with Crippen molar-refractivity contribution in [2.45, 2.75) is 33.2 Å². The van der Waals surface area contributed by atoms with Crippen LogP contribution in [0.2, 0.25) is 0 Å². The molecule has 17 heavy (non-hydrogen) atoms. The van der Waals surface area contributed by atoms with Crippen LogP contribution in [0, 0.1) is 12.8 Å². The van der Waals surface area contributed by atoms with Gasteiger partial charge in [-0.05, 0) is 43.4 Å². The molecule has 0 aliphatic rings. The van der Waals surface area contributed by atoms with E-state index in [-0.39, 0.29) is 12.6 Å². The summed E-state index contributed by atoms with van der Waals surface area (Å²) in [6.45, 7) is 6.67. The average Bonchev–Trinajstić information content (AvgIpc) is 2.32. The summed E-state index contributed by atoms with van der Waals surface area (Å²) in [5.74, 6) is 0.0982. The summed E-state index contributed by atoms with van der Waals surface area (Å²) in [5, 5.41) is 3.37. The van der Waals surface area contributed by atoms with Crippen molar-refractivity contribution in [3.8, 4) is 0 Å². The van der Waals surface area contributed by atoms with Gasteiger partial charge in [-0.3, -0.25) is 4.39 Å². The zero-order valence-corrected chi connectivity index (χ0v) is 12.3. The maximum Gasteiger partial charge on any atom is 0.0932 e. The maximum atomic E-state index is 12.3. The largest absolute Gasteiger partial charge is 0.314 e. The summed E-state index contributed by atoms with van der Waals surface area (Å²) in [6.07, 6.45) is 0.976. The van der Waals surface area contributed by atoms with Crippen LogP contribution in [0.25, 0.3) is 0 Å². The molecule has 0 bridgehead atoms. The van der Waals surface area contributed by atoms with Crippen molar-refractivity contribution >= 4 is 15.9 Å². The zero-order chi connectivity index (χ0) is 12.8. The van der Waals surface area contributed by atoms with E-state index in [1.165, 1.54) is 11.1 Å². The lowest BCUT2D eigenvalue weighted by atomic mass is 10.0. The molecule has 0 amide bonds. The number of benzene rings is 1. The van der Waals surface area contributed by atoms with E-state index in [1.807, 2.05) is 6.92 Å². The Hall–Kier alpha value is -0.410. The molecule has 0 radical (unpaired) electrons. The molecule has 0 spiro atoms. The first kappa shape index (κ1) is 14.7. The molecule has 0 aromatic heterocycles. The van der Waals surface area contributed by atoms with Crippen LogP contribution in [0.5, 0.6) is 0 Å². The highest BCUT2D eigenvalue weighted by molar-refractivity contribution is 9.10. The minimum Gasteiger partial charge on any atom is -0.314 e. The normalized spacial score (nSPS) is 14.6. The number of alkyl halides is 1. The third kappa shape index (κ3) is 4.76. The Balaban J connectivity index is 2.50. The molecule has 0 heterocycles. The highest BCUT2D eigenvalue weighted by atomic mass is 79.9. The van der Waals surface area contributed by atoms with Crippen LogP contribution < -0.4 is 5.32 Å². The molecule has 3 heteroatoms. The van der Waals surface area contributed by atoms with Crippen LogP contribution in [0.3, 0.4) is 0 Å². The van der Waals surface area contributed by atoms with Gasteiger partial charge in [-0.1, -0.05) is 35.0 Å². The molecule has 0 saturated heterocycles. The van der Waals surface area contributed by atoms with E-state index in [4.69, 9.17) is 0 Å². The third-order valence-corrected chi connectivity index (χ3v) is 3.84. The highest BCUT2D eigenvalue weighted by Crippen LogP contribution is 2.20. The van der Waals surface area contributed by atoms with E-state index in [9.17, 15) is 4.39 Å². The monoisotopic (exact) mass is 301 g/mol. The first-order valence-electron chi connectivity index (χ1n) is 6.08. The van der Waals surface area contributed by atoms with E-state index < -0.39 is 0 Å². The van der Waals surface area contributed by atoms with Crippen molar-refractivity contribution in [3.63, 3.8) is 0 Å². The minimum atomic E-state index is -0.254. The van der Waals surface area contributed by atoms with Crippen molar-refractivity contribution in [3.05, 3.63) is 33.8 Å². The van der Waals surface area contributed by atoms with Gasteiger partial charge in [0.15, 0.2) is 0 Å². The SMILES string of the molecule is Cc1c(Br)cccc1C[C@@H](C)NCC(C)CF. The molecule has 1 rings (SSSR count). The molecule has 1 N–H and O–H groups in total. The van der Waals surface area contributed by atoms with Crippen LogP contribution in [-0.2, 0) is 6.42 Å². The molecular weight excluding hydrogens is 281 g/mol. The van der Waals surface area contributed by atoms with E-state index in [1.54, 1.807) is 0 Å². The number of halogens is 2. The molecule has 2 atom stereocenters. The summed E-state index contributed by atoms with van der Waals surface area (Å²) in [7, 11) is 0. The maximum absolute atomic E-state index is 12.3. The Morgan fingerprint density at radius 3 is 2.71 bits per heavy atom. The van der Waals surface area contributed by atoms with Crippen molar-refractivity contribution in [2.24, 2.45) is 5.92 Å². The Bertz CT molecular complexity index is 354. The van der Waals surface area contributed by atoms with Crippen LogP contribution in [-0.4, -0.2) is 19.3 Å². The quantitative estimate of drug-likeness (QED) is 0.841. The minimum absolute atomic E-state index is 0.0982. The van der Waals surface area contributed by atoms with Gasteiger partial charge in [-0.2, -0.15) is 0 Å². The Labute approximate surface area is 112 Å². The topological polar surface area (TPSA) is 12.0 Å².